The van der Waals surface area contributed by atoms with Crippen LogP contribution in [0.1, 0.15) is 44.3 Å². The number of likely N-dealkylation sites (tertiary alicyclic amines) is 1. The summed E-state index contributed by atoms with van der Waals surface area (Å²) in [7, 11) is 0. The molecule has 8 heteroatoms. The third-order valence-electron chi connectivity index (χ3n) is 4.64. The first-order chi connectivity index (χ1) is 11.5. The lowest BCUT2D eigenvalue weighted by Crippen LogP contribution is -2.60. The van der Waals surface area contributed by atoms with Crippen LogP contribution in [0.3, 0.4) is 0 Å². The number of amides is 2. The minimum atomic E-state index is -0.410. The van der Waals surface area contributed by atoms with Gasteiger partial charge in [-0.3, -0.25) is 9.59 Å². The van der Waals surface area contributed by atoms with Gasteiger partial charge in [-0.25, -0.2) is 0 Å². The average Bonchev–Trinajstić information content (AvgIpc) is 2.84. The van der Waals surface area contributed by atoms with E-state index in [1.807, 2.05) is 0 Å². The quantitative estimate of drug-likeness (QED) is 0.791. The Balaban J connectivity index is 1.43. The fourth-order valence-electron chi connectivity index (χ4n) is 3.06. The second-order valence-electron chi connectivity index (χ2n) is 6.70. The summed E-state index contributed by atoms with van der Waals surface area (Å²) in [6.45, 7) is 4.53. The van der Waals surface area contributed by atoms with Crippen LogP contribution >= 0.6 is 0 Å². The third-order valence-corrected chi connectivity index (χ3v) is 4.64. The molecule has 8 nitrogen and oxygen atoms in total. The molecule has 1 atom stereocenters. The van der Waals surface area contributed by atoms with Gasteiger partial charge in [0.1, 0.15) is 12.6 Å². The summed E-state index contributed by atoms with van der Waals surface area (Å²) in [6, 6.07) is -0.410. The van der Waals surface area contributed by atoms with E-state index >= 15 is 0 Å². The Bertz CT molecular complexity index is 593. The van der Waals surface area contributed by atoms with Crippen LogP contribution in [0.25, 0.3) is 0 Å². The number of hydrogen-bond acceptors (Lipinski definition) is 6. The summed E-state index contributed by atoms with van der Waals surface area (Å²) < 4.78 is 10.6. The molecule has 1 saturated heterocycles. The van der Waals surface area contributed by atoms with Crippen molar-refractivity contribution in [2.45, 2.75) is 58.3 Å². The van der Waals surface area contributed by atoms with Gasteiger partial charge in [0.2, 0.25) is 11.8 Å². The minimum absolute atomic E-state index is 0.00872. The van der Waals surface area contributed by atoms with Gasteiger partial charge in [0.25, 0.3) is 5.89 Å². The summed E-state index contributed by atoms with van der Waals surface area (Å²) in [5, 5.41) is 6.50. The molecule has 1 N–H and O–H groups in total. The van der Waals surface area contributed by atoms with E-state index in [1.165, 1.54) is 13.3 Å². The number of hydrogen-bond donors (Lipinski definition) is 1. The van der Waals surface area contributed by atoms with E-state index in [4.69, 9.17) is 9.26 Å². The fourth-order valence-corrected chi connectivity index (χ4v) is 3.06. The lowest BCUT2D eigenvalue weighted by Gasteiger charge is -2.41. The molecule has 0 bridgehead atoms. The van der Waals surface area contributed by atoms with Gasteiger partial charge < -0.3 is 19.5 Å². The van der Waals surface area contributed by atoms with Gasteiger partial charge in [0.15, 0.2) is 5.82 Å². The van der Waals surface area contributed by atoms with E-state index in [9.17, 15) is 9.59 Å². The van der Waals surface area contributed by atoms with E-state index in [-0.39, 0.29) is 24.5 Å². The van der Waals surface area contributed by atoms with Crippen LogP contribution < -0.4 is 5.32 Å². The van der Waals surface area contributed by atoms with Crippen LogP contribution in [0.15, 0.2) is 4.52 Å². The van der Waals surface area contributed by atoms with E-state index < -0.39 is 6.04 Å². The number of nitrogens with one attached hydrogen (secondary N) is 1. The Morgan fingerprint density at radius 3 is 2.71 bits per heavy atom. The van der Waals surface area contributed by atoms with E-state index in [1.54, 1.807) is 11.8 Å². The van der Waals surface area contributed by atoms with Gasteiger partial charge >= 0.3 is 0 Å². The molecular weight excluding hydrogens is 312 g/mol. The van der Waals surface area contributed by atoms with Crippen molar-refractivity contribution in [3.8, 4) is 0 Å². The van der Waals surface area contributed by atoms with Crippen molar-refractivity contribution in [3.63, 3.8) is 0 Å². The molecule has 0 aromatic carbocycles. The summed E-state index contributed by atoms with van der Waals surface area (Å²) >= 11 is 0. The Kier molecular flexibility index (Phi) is 5.13. The van der Waals surface area contributed by atoms with Crippen molar-refractivity contribution >= 4 is 11.8 Å². The van der Waals surface area contributed by atoms with Gasteiger partial charge in [-0.2, -0.15) is 4.98 Å². The van der Waals surface area contributed by atoms with Crippen LogP contribution in [-0.4, -0.2) is 52.1 Å². The zero-order valence-corrected chi connectivity index (χ0v) is 14.2. The predicted molar refractivity (Wildman–Crippen MR) is 83.8 cm³/mol. The topological polar surface area (TPSA) is 97.6 Å². The number of aromatic nitrogens is 2. The van der Waals surface area contributed by atoms with Crippen LogP contribution in [0.2, 0.25) is 0 Å². The van der Waals surface area contributed by atoms with E-state index in [0.717, 1.165) is 19.3 Å². The van der Waals surface area contributed by atoms with Crippen molar-refractivity contribution in [3.05, 3.63) is 11.7 Å². The van der Waals surface area contributed by atoms with Crippen LogP contribution in [0.5, 0.6) is 0 Å². The molecule has 132 valence electrons. The zero-order chi connectivity index (χ0) is 17.1. The molecule has 1 aliphatic heterocycles. The van der Waals surface area contributed by atoms with Gasteiger partial charge in [0, 0.05) is 20.0 Å². The highest BCUT2D eigenvalue weighted by Crippen LogP contribution is 2.31. The summed E-state index contributed by atoms with van der Waals surface area (Å²) in [5.74, 6) is 1.41. The highest BCUT2D eigenvalue weighted by atomic mass is 16.5. The van der Waals surface area contributed by atoms with Crippen molar-refractivity contribution in [1.82, 2.24) is 20.4 Å². The zero-order valence-electron chi connectivity index (χ0n) is 14.2. The fraction of sp³-hybridized carbons (Fsp3) is 0.750. The number of nitrogens with zero attached hydrogens (tertiary/aromatic N) is 3. The standard InChI is InChI=1S/C16H24N4O4/c1-10-17-15(24-19-10)9-23-13-7-20(8-13)16(22)14(18-11(2)21)6-12-4-3-5-12/h12-14H,3-9H2,1-2H3,(H,18,21)/t14-/m1/s1. The number of rotatable bonds is 7. The molecule has 1 saturated carbocycles. The lowest BCUT2D eigenvalue weighted by atomic mass is 9.80. The molecule has 1 aromatic rings. The summed E-state index contributed by atoms with van der Waals surface area (Å²) in [4.78, 5) is 29.8. The maximum atomic E-state index is 12.6. The number of carbonyl (C=O) groups is 2. The Morgan fingerprint density at radius 2 is 2.17 bits per heavy atom. The first kappa shape index (κ1) is 16.9. The molecule has 1 aromatic heterocycles. The molecule has 2 heterocycles. The summed E-state index contributed by atoms with van der Waals surface area (Å²) in [6.07, 6.45) is 4.24. The Morgan fingerprint density at radius 1 is 1.42 bits per heavy atom. The highest BCUT2D eigenvalue weighted by molar-refractivity contribution is 5.87. The second kappa shape index (κ2) is 7.29. The molecule has 1 aliphatic carbocycles. The lowest BCUT2D eigenvalue weighted by molar-refractivity contribution is -0.150. The normalized spacial score (nSPS) is 19.5. The molecule has 2 amide bonds. The van der Waals surface area contributed by atoms with Crippen LogP contribution in [0.4, 0.5) is 0 Å². The molecule has 0 unspecified atom stereocenters. The van der Waals surface area contributed by atoms with Crippen molar-refractivity contribution < 1.29 is 18.8 Å². The highest BCUT2D eigenvalue weighted by Gasteiger charge is 2.37. The predicted octanol–water partition coefficient (Wildman–Crippen LogP) is 0.800. The smallest absolute Gasteiger partial charge is 0.252 e. The van der Waals surface area contributed by atoms with Crippen molar-refractivity contribution in [2.24, 2.45) is 5.92 Å². The first-order valence-electron chi connectivity index (χ1n) is 8.48. The third kappa shape index (κ3) is 4.11. The minimum Gasteiger partial charge on any atom is -0.365 e. The Labute approximate surface area is 140 Å². The largest absolute Gasteiger partial charge is 0.365 e. The number of ether oxygens (including phenoxy) is 1. The molecule has 2 aliphatic rings. The van der Waals surface area contributed by atoms with E-state index in [2.05, 4.69) is 15.5 Å². The molecule has 0 spiro atoms. The van der Waals surface area contributed by atoms with Crippen molar-refractivity contribution in [2.75, 3.05) is 13.1 Å². The van der Waals surface area contributed by atoms with E-state index in [0.29, 0.717) is 30.7 Å². The molecule has 0 radical (unpaired) electrons. The van der Waals surface area contributed by atoms with Gasteiger partial charge in [0.05, 0.1) is 6.10 Å². The molecule has 3 rings (SSSR count). The van der Waals surface area contributed by atoms with Crippen LogP contribution in [0, 0.1) is 12.8 Å². The van der Waals surface area contributed by atoms with Gasteiger partial charge in [-0.05, 0) is 19.3 Å². The molecule has 24 heavy (non-hydrogen) atoms. The van der Waals surface area contributed by atoms with Gasteiger partial charge in [-0.15, -0.1) is 0 Å². The Hall–Kier alpha value is -1.96. The first-order valence-corrected chi connectivity index (χ1v) is 8.48. The molecular formula is C16H24N4O4. The second-order valence-corrected chi connectivity index (χ2v) is 6.70. The monoisotopic (exact) mass is 336 g/mol. The average molecular weight is 336 g/mol. The number of aryl methyl sites for hydroxylation is 1. The maximum absolute atomic E-state index is 12.6. The van der Waals surface area contributed by atoms with Gasteiger partial charge in [-0.1, -0.05) is 24.4 Å². The number of carbonyl (C=O) groups excluding carboxylic acids is 2. The van der Waals surface area contributed by atoms with Crippen molar-refractivity contribution in [1.29, 1.82) is 0 Å². The maximum Gasteiger partial charge on any atom is 0.252 e. The SMILES string of the molecule is CC(=O)N[C@H](CC1CCC1)C(=O)N1CC(OCc2nc(C)no2)C1. The molecule has 2 fully saturated rings. The van der Waals surface area contributed by atoms with Crippen LogP contribution in [-0.2, 0) is 20.9 Å². The summed E-state index contributed by atoms with van der Waals surface area (Å²) in [5.41, 5.74) is 0.